The Morgan fingerprint density at radius 1 is 1.33 bits per heavy atom. The van der Waals surface area contributed by atoms with E-state index in [0.717, 1.165) is 18.7 Å². The Bertz CT molecular complexity index is 494. The zero-order valence-electron chi connectivity index (χ0n) is 10.9. The summed E-state index contributed by atoms with van der Waals surface area (Å²) >= 11 is 0. The molecule has 1 aromatic heterocycles. The molecule has 1 unspecified atom stereocenters. The quantitative estimate of drug-likeness (QED) is 0.748. The molecule has 1 atom stereocenters. The summed E-state index contributed by atoms with van der Waals surface area (Å²) in [6, 6.07) is 4.23. The first-order valence-corrected chi connectivity index (χ1v) is 6.91. The third kappa shape index (κ3) is 2.20. The number of allylic oxidation sites excluding steroid dienone is 4. The van der Waals surface area contributed by atoms with Gasteiger partial charge in [0.25, 0.3) is 0 Å². The number of rotatable bonds is 1. The average Bonchev–Trinajstić information content (AvgIpc) is 2.46. The molecule has 1 fully saturated rings. The highest BCUT2D eigenvalue weighted by Gasteiger charge is 2.22. The minimum Gasteiger partial charge on any atom is -0.344 e. The van der Waals surface area contributed by atoms with Crippen LogP contribution in [0.4, 0.5) is 5.82 Å². The van der Waals surface area contributed by atoms with Gasteiger partial charge in [0.2, 0.25) is 0 Å². The van der Waals surface area contributed by atoms with Crippen LogP contribution in [0.3, 0.4) is 0 Å². The fourth-order valence-corrected chi connectivity index (χ4v) is 2.82. The second kappa shape index (κ2) is 4.97. The standard InChI is InChI=1S/C16H20N2/c1-2-5-12-10-14-8-4-9-17-16(14)18-15(11-12)13-6-3-7-13/h2,4-5,8-9,12H,3,6-7,10-11H2,1H3,(H,17,18). The molecule has 3 rings (SSSR count). The molecule has 1 aliphatic heterocycles. The van der Waals surface area contributed by atoms with Gasteiger partial charge in [-0.05, 0) is 56.6 Å². The SMILES string of the molecule is CC=CC1CC(=C2CCC2)Nc2ncccc2C1. The molecule has 94 valence electrons. The van der Waals surface area contributed by atoms with E-state index in [2.05, 4.69) is 35.4 Å². The highest BCUT2D eigenvalue weighted by molar-refractivity contribution is 5.52. The van der Waals surface area contributed by atoms with E-state index in [-0.39, 0.29) is 0 Å². The first-order chi connectivity index (χ1) is 8.86. The average molecular weight is 240 g/mol. The predicted octanol–water partition coefficient (Wildman–Crippen LogP) is 4.07. The molecular weight excluding hydrogens is 220 g/mol. The first kappa shape index (κ1) is 11.5. The maximum absolute atomic E-state index is 4.50. The van der Waals surface area contributed by atoms with E-state index >= 15 is 0 Å². The maximum Gasteiger partial charge on any atom is 0.133 e. The highest BCUT2D eigenvalue weighted by atomic mass is 15.0. The van der Waals surface area contributed by atoms with Crippen molar-refractivity contribution in [1.29, 1.82) is 0 Å². The summed E-state index contributed by atoms with van der Waals surface area (Å²) in [6.07, 6.45) is 12.5. The maximum atomic E-state index is 4.50. The molecule has 2 aliphatic rings. The van der Waals surface area contributed by atoms with E-state index in [1.807, 2.05) is 12.3 Å². The van der Waals surface area contributed by atoms with Gasteiger partial charge in [-0.15, -0.1) is 0 Å². The van der Waals surface area contributed by atoms with Crippen LogP contribution < -0.4 is 5.32 Å². The van der Waals surface area contributed by atoms with Crippen LogP contribution in [0, 0.1) is 5.92 Å². The number of nitrogens with zero attached hydrogens (tertiary/aromatic N) is 1. The van der Waals surface area contributed by atoms with Crippen LogP contribution >= 0.6 is 0 Å². The van der Waals surface area contributed by atoms with Gasteiger partial charge < -0.3 is 5.32 Å². The summed E-state index contributed by atoms with van der Waals surface area (Å²) in [5.41, 5.74) is 4.39. The van der Waals surface area contributed by atoms with Crippen LogP contribution in [0.1, 0.15) is 38.2 Å². The van der Waals surface area contributed by atoms with Crippen LogP contribution in [-0.4, -0.2) is 4.98 Å². The van der Waals surface area contributed by atoms with Crippen molar-refractivity contribution in [2.75, 3.05) is 5.32 Å². The Kier molecular flexibility index (Phi) is 3.18. The van der Waals surface area contributed by atoms with Gasteiger partial charge >= 0.3 is 0 Å². The number of aromatic nitrogens is 1. The van der Waals surface area contributed by atoms with Crippen molar-refractivity contribution in [1.82, 2.24) is 4.98 Å². The molecule has 1 aliphatic carbocycles. The van der Waals surface area contributed by atoms with E-state index < -0.39 is 0 Å². The zero-order chi connectivity index (χ0) is 12.4. The summed E-state index contributed by atoms with van der Waals surface area (Å²) in [7, 11) is 0. The van der Waals surface area contributed by atoms with Crippen LogP contribution in [0.5, 0.6) is 0 Å². The minimum atomic E-state index is 0.607. The number of fused-ring (bicyclic) bond motifs is 1. The van der Waals surface area contributed by atoms with Gasteiger partial charge in [-0.1, -0.05) is 23.8 Å². The molecule has 0 spiro atoms. The summed E-state index contributed by atoms with van der Waals surface area (Å²) < 4.78 is 0. The number of hydrogen-bond donors (Lipinski definition) is 1. The summed E-state index contributed by atoms with van der Waals surface area (Å²) in [6.45, 7) is 2.11. The van der Waals surface area contributed by atoms with E-state index in [4.69, 9.17) is 0 Å². The summed E-state index contributed by atoms with van der Waals surface area (Å²) in [5, 5.41) is 3.58. The monoisotopic (exact) mass is 240 g/mol. The van der Waals surface area contributed by atoms with Gasteiger partial charge in [-0.3, -0.25) is 0 Å². The highest BCUT2D eigenvalue weighted by Crippen LogP contribution is 2.35. The lowest BCUT2D eigenvalue weighted by Crippen LogP contribution is -2.11. The lowest BCUT2D eigenvalue weighted by Gasteiger charge is -2.23. The Hall–Kier alpha value is -1.57. The third-order valence-electron chi connectivity index (χ3n) is 3.96. The van der Waals surface area contributed by atoms with Gasteiger partial charge in [-0.2, -0.15) is 0 Å². The van der Waals surface area contributed by atoms with E-state index in [9.17, 15) is 0 Å². The molecule has 1 saturated carbocycles. The van der Waals surface area contributed by atoms with Crippen LogP contribution in [0.15, 0.2) is 41.8 Å². The molecule has 0 amide bonds. The van der Waals surface area contributed by atoms with E-state index in [1.165, 1.54) is 30.5 Å². The molecule has 0 bridgehead atoms. The Balaban J connectivity index is 1.97. The minimum absolute atomic E-state index is 0.607. The summed E-state index contributed by atoms with van der Waals surface area (Å²) in [5.74, 6) is 1.68. The van der Waals surface area contributed by atoms with Crippen molar-refractivity contribution in [3.63, 3.8) is 0 Å². The lowest BCUT2D eigenvalue weighted by molar-refractivity contribution is 0.606. The molecule has 1 aromatic rings. The smallest absolute Gasteiger partial charge is 0.133 e. The van der Waals surface area contributed by atoms with Crippen molar-refractivity contribution in [2.24, 2.45) is 5.92 Å². The van der Waals surface area contributed by atoms with Gasteiger partial charge in [0, 0.05) is 11.9 Å². The van der Waals surface area contributed by atoms with Crippen LogP contribution in [-0.2, 0) is 6.42 Å². The third-order valence-corrected chi connectivity index (χ3v) is 3.96. The van der Waals surface area contributed by atoms with Crippen molar-refractivity contribution < 1.29 is 0 Å². The van der Waals surface area contributed by atoms with E-state index in [0.29, 0.717) is 5.92 Å². The largest absolute Gasteiger partial charge is 0.344 e. The Morgan fingerprint density at radius 2 is 2.22 bits per heavy atom. The van der Waals surface area contributed by atoms with Crippen LogP contribution in [0.25, 0.3) is 0 Å². The lowest BCUT2D eigenvalue weighted by atomic mass is 9.87. The normalized spacial score (nSPS) is 23.3. The fraction of sp³-hybridized carbons (Fsp3) is 0.438. The second-order valence-corrected chi connectivity index (χ2v) is 5.27. The molecule has 0 radical (unpaired) electrons. The van der Waals surface area contributed by atoms with Gasteiger partial charge in [0.05, 0.1) is 0 Å². The predicted molar refractivity (Wildman–Crippen MR) is 75.4 cm³/mol. The molecule has 2 heterocycles. The molecule has 1 N–H and O–H groups in total. The second-order valence-electron chi connectivity index (χ2n) is 5.27. The molecule has 2 nitrogen and oxygen atoms in total. The zero-order valence-corrected chi connectivity index (χ0v) is 10.9. The van der Waals surface area contributed by atoms with E-state index in [1.54, 1.807) is 5.57 Å². The molecule has 2 heteroatoms. The number of pyridine rings is 1. The Morgan fingerprint density at radius 3 is 2.94 bits per heavy atom. The number of hydrogen-bond acceptors (Lipinski definition) is 2. The van der Waals surface area contributed by atoms with Crippen molar-refractivity contribution >= 4 is 5.82 Å². The number of anilines is 1. The van der Waals surface area contributed by atoms with Crippen molar-refractivity contribution in [3.8, 4) is 0 Å². The molecule has 0 saturated heterocycles. The topological polar surface area (TPSA) is 24.9 Å². The Labute approximate surface area is 109 Å². The van der Waals surface area contributed by atoms with Gasteiger partial charge in [-0.25, -0.2) is 4.98 Å². The molecular formula is C16H20N2. The van der Waals surface area contributed by atoms with Gasteiger partial charge in [0.15, 0.2) is 0 Å². The van der Waals surface area contributed by atoms with Crippen molar-refractivity contribution in [3.05, 3.63) is 47.3 Å². The molecule has 0 aromatic carbocycles. The van der Waals surface area contributed by atoms with Crippen molar-refractivity contribution in [2.45, 2.75) is 39.0 Å². The summed E-state index contributed by atoms with van der Waals surface area (Å²) in [4.78, 5) is 4.50. The molecule has 18 heavy (non-hydrogen) atoms. The van der Waals surface area contributed by atoms with Crippen LogP contribution in [0.2, 0.25) is 0 Å². The number of nitrogens with one attached hydrogen (secondary N) is 1. The fourth-order valence-electron chi connectivity index (χ4n) is 2.82. The van der Waals surface area contributed by atoms with Gasteiger partial charge in [0.1, 0.15) is 5.82 Å². The first-order valence-electron chi connectivity index (χ1n) is 6.91.